The smallest absolute Gasteiger partial charge is 0.319 e. The zero-order valence-corrected chi connectivity index (χ0v) is 13.6. The van der Waals surface area contributed by atoms with Crippen LogP contribution in [0.4, 0.5) is 8.78 Å². The number of carbonyl (C=O) groups is 1. The molecule has 1 aromatic heterocycles. The van der Waals surface area contributed by atoms with E-state index in [1.165, 1.54) is 6.07 Å². The predicted molar refractivity (Wildman–Crippen MR) is 82.2 cm³/mol. The van der Waals surface area contributed by atoms with Crippen molar-refractivity contribution in [1.82, 2.24) is 14.4 Å². The fraction of sp³-hybridized carbons (Fsp3) is 0.688. The molecule has 4 nitrogen and oxygen atoms in total. The molecule has 6 heteroatoms. The Morgan fingerprint density at radius 1 is 1.45 bits per heavy atom. The van der Waals surface area contributed by atoms with Gasteiger partial charge in [-0.05, 0) is 50.9 Å². The maximum atomic E-state index is 13.1. The summed E-state index contributed by atoms with van der Waals surface area (Å²) in [6, 6.07) is 3.05. The van der Waals surface area contributed by atoms with Crippen molar-refractivity contribution in [3.05, 3.63) is 23.5 Å². The number of carbonyl (C=O) groups excluding carboxylic acids is 1. The van der Waals surface area contributed by atoms with Crippen molar-refractivity contribution in [3.63, 3.8) is 0 Å². The minimum atomic E-state index is -2.69. The van der Waals surface area contributed by atoms with E-state index >= 15 is 0 Å². The number of aromatic nitrogens is 1. The zero-order chi connectivity index (χ0) is 16.3. The maximum Gasteiger partial charge on any atom is 0.319 e. The molecule has 0 N–H and O–H groups in total. The first-order valence-electron chi connectivity index (χ1n) is 7.87. The van der Waals surface area contributed by atoms with Crippen molar-refractivity contribution in [1.29, 1.82) is 0 Å². The van der Waals surface area contributed by atoms with Crippen molar-refractivity contribution in [3.8, 4) is 0 Å². The van der Waals surface area contributed by atoms with Crippen LogP contribution in [0.5, 0.6) is 0 Å². The highest BCUT2D eigenvalue weighted by atomic mass is 19.3. The van der Waals surface area contributed by atoms with Gasteiger partial charge in [-0.1, -0.05) is 6.92 Å². The number of nitrogens with zero attached hydrogens (tertiary/aromatic N) is 3. The molecule has 1 amide bonds. The maximum absolute atomic E-state index is 13.1. The van der Waals surface area contributed by atoms with Crippen molar-refractivity contribution >= 4 is 5.91 Å². The van der Waals surface area contributed by atoms with E-state index in [0.717, 1.165) is 37.0 Å². The quantitative estimate of drug-likeness (QED) is 0.836. The Labute approximate surface area is 130 Å². The van der Waals surface area contributed by atoms with Crippen LogP contribution >= 0.6 is 0 Å². The van der Waals surface area contributed by atoms with Crippen LogP contribution in [0.2, 0.25) is 0 Å². The number of rotatable bonds is 5. The normalized spacial score (nSPS) is 19.6. The van der Waals surface area contributed by atoms with Crippen LogP contribution in [0, 0.1) is 12.8 Å². The van der Waals surface area contributed by atoms with E-state index < -0.39 is 6.55 Å². The first kappa shape index (κ1) is 16.9. The molecule has 124 valence electrons. The minimum Gasteiger partial charge on any atom is -0.340 e. The molecule has 0 unspecified atom stereocenters. The Morgan fingerprint density at radius 3 is 2.82 bits per heavy atom. The summed E-state index contributed by atoms with van der Waals surface area (Å²) < 4.78 is 27.0. The average Bonchev–Trinajstić information content (AvgIpc) is 2.88. The van der Waals surface area contributed by atoms with Crippen LogP contribution in [0.15, 0.2) is 12.1 Å². The molecule has 1 aliphatic heterocycles. The molecule has 2 rings (SSSR count). The van der Waals surface area contributed by atoms with Crippen LogP contribution in [-0.2, 0) is 0 Å². The summed E-state index contributed by atoms with van der Waals surface area (Å²) in [6.07, 6.45) is 2.22. The van der Waals surface area contributed by atoms with Crippen LogP contribution in [0.1, 0.15) is 42.5 Å². The number of piperidine rings is 1. The van der Waals surface area contributed by atoms with E-state index in [-0.39, 0.29) is 11.6 Å². The molecular weight excluding hydrogens is 288 g/mol. The number of amides is 1. The van der Waals surface area contributed by atoms with Gasteiger partial charge < -0.3 is 9.80 Å². The number of hydrogen-bond acceptors (Lipinski definition) is 2. The Morgan fingerprint density at radius 2 is 2.18 bits per heavy atom. The van der Waals surface area contributed by atoms with Crippen LogP contribution in [0.3, 0.4) is 0 Å². The molecule has 0 radical (unpaired) electrons. The van der Waals surface area contributed by atoms with Crippen LogP contribution < -0.4 is 0 Å². The summed E-state index contributed by atoms with van der Waals surface area (Å²) >= 11 is 0. The zero-order valence-electron chi connectivity index (χ0n) is 13.6. The highest BCUT2D eigenvalue weighted by Crippen LogP contribution is 2.21. The summed E-state index contributed by atoms with van der Waals surface area (Å²) in [5.41, 5.74) is 0.472. The molecule has 0 aliphatic carbocycles. The summed E-state index contributed by atoms with van der Waals surface area (Å²) in [5.74, 6) is 0.0840. The second kappa shape index (κ2) is 7.22. The summed E-state index contributed by atoms with van der Waals surface area (Å²) in [7, 11) is 1.70. The largest absolute Gasteiger partial charge is 0.340 e. The Kier molecular flexibility index (Phi) is 5.56. The lowest BCUT2D eigenvalue weighted by Gasteiger charge is -2.34. The summed E-state index contributed by atoms with van der Waals surface area (Å²) in [5, 5.41) is 0. The molecule has 1 fully saturated rings. The molecular formula is C16H25F2N3O. The summed E-state index contributed by atoms with van der Waals surface area (Å²) in [6.45, 7) is 4.75. The van der Waals surface area contributed by atoms with E-state index in [9.17, 15) is 13.6 Å². The summed E-state index contributed by atoms with van der Waals surface area (Å²) in [4.78, 5) is 16.4. The first-order valence-corrected chi connectivity index (χ1v) is 7.87. The first-order chi connectivity index (χ1) is 10.4. The molecule has 1 saturated heterocycles. The molecule has 0 spiro atoms. The lowest BCUT2D eigenvalue weighted by atomic mass is 9.97. The van der Waals surface area contributed by atoms with Gasteiger partial charge in [-0.2, -0.15) is 8.78 Å². The third-order valence-corrected chi connectivity index (χ3v) is 4.47. The fourth-order valence-electron chi connectivity index (χ4n) is 3.24. The topological polar surface area (TPSA) is 28.5 Å². The van der Waals surface area contributed by atoms with E-state index in [0.29, 0.717) is 18.2 Å². The van der Waals surface area contributed by atoms with Gasteiger partial charge in [-0.15, -0.1) is 0 Å². The highest BCUT2D eigenvalue weighted by Gasteiger charge is 2.25. The fourth-order valence-corrected chi connectivity index (χ4v) is 3.24. The number of aryl methyl sites for hydroxylation is 1. The van der Waals surface area contributed by atoms with Gasteiger partial charge in [-0.25, -0.2) is 0 Å². The van der Waals surface area contributed by atoms with Gasteiger partial charge in [0.25, 0.3) is 5.91 Å². The predicted octanol–water partition coefficient (Wildman–Crippen LogP) is 3.00. The van der Waals surface area contributed by atoms with E-state index in [4.69, 9.17) is 0 Å². The van der Waals surface area contributed by atoms with E-state index in [1.807, 2.05) is 0 Å². The SMILES string of the molecule is CCN1CCC[C@@H](CN(C)C(=O)c2ccc(C)n2C(F)F)C1. The molecule has 1 aliphatic rings. The second-order valence-corrected chi connectivity index (χ2v) is 6.09. The van der Waals surface area contributed by atoms with Crippen LogP contribution in [0.25, 0.3) is 0 Å². The molecule has 0 aromatic carbocycles. The third kappa shape index (κ3) is 3.66. The van der Waals surface area contributed by atoms with Gasteiger partial charge in [0, 0.05) is 25.8 Å². The number of hydrogen-bond donors (Lipinski definition) is 0. The molecule has 0 bridgehead atoms. The number of likely N-dealkylation sites (tertiary alicyclic amines) is 1. The van der Waals surface area contributed by atoms with Crippen molar-refractivity contribution in [2.24, 2.45) is 5.92 Å². The lowest BCUT2D eigenvalue weighted by molar-refractivity contribution is 0.0545. The minimum absolute atomic E-state index is 0.0677. The molecule has 1 atom stereocenters. The Bertz CT molecular complexity index is 515. The van der Waals surface area contributed by atoms with E-state index in [2.05, 4.69) is 11.8 Å². The van der Waals surface area contributed by atoms with Gasteiger partial charge in [-0.3, -0.25) is 9.36 Å². The molecule has 22 heavy (non-hydrogen) atoms. The van der Waals surface area contributed by atoms with Gasteiger partial charge in [0.05, 0.1) is 0 Å². The third-order valence-electron chi connectivity index (χ3n) is 4.47. The van der Waals surface area contributed by atoms with Crippen molar-refractivity contribution in [2.75, 3.05) is 33.2 Å². The van der Waals surface area contributed by atoms with Crippen molar-refractivity contribution in [2.45, 2.75) is 33.2 Å². The number of halogens is 2. The van der Waals surface area contributed by atoms with Gasteiger partial charge >= 0.3 is 6.55 Å². The van der Waals surface area contributed by atoms with Gasteiger partial charge in [0.2, 0.25) is 0 Å². The van der Waals surface area contributed by atoms with Gasteiger partial charge in [0.15, 0.2) is 0 Å². The molecule has 2 heterocycles. The van der Waals surface area contributed by atoms with Crippen molar-refractivity contribution < 1.29 is 13.6 Å². The monoisotopic (exact) mass is 313 g/mol. The standard InChI is InChI=1S/C16H25F2N3O/c1-4-20-9-5-6-13(11-20)10-19(3)15(22)14-8-7-12(2)21(14)16(17)18/h7-8,13,16H,4-6,9-11H2,1-3H3/t13-/m0/s1. The molecule has 0 saturated carbocycles. The highest BCUT2D eigenvalue weighted by molar-refractivity contribution is 5.92. The Hall–Kier alpha value is -1.43. The molecule has 1 aromatic rings. The number of alkyl halides is 2. The Balaban J connectivity index is 2.03. The average molecular weight is 313 g/mol. The van der Waals surface area contributed by atoms with E-state index in [1.54, 1.807) is 24.9 Å². The van der Waals surface area contributed by atoms with Crippen LogP contribution in [-0.4, -0.2) is 53.5 Å². The second-order valence-electron chi connectivity index (χ2n) is 6.09. The van der Waals surface area contributed by atoms with Gasteiger partial charge in [0.1, 0.15) is 5.69 Å². The lowest BCUT2D eigenvalue weighted by Crippen LogP contribution is -2.41.